The third-order valence-electron chi connectivity index (χ3n) is 11.7. The van der Waals surface area contributed by atoms with Gasteiger partial charge in [-0.25, -0.2) is 40.0 Å². The van der Waals surface area contributed by atoms with Gasteiger partial charge in [-0.3, -0.25) is 38.4 Å². The molecule has 0 aliphatic carbocycles. The van der Waals surface area contributed by atoms with E-state index >= 15 is 0 Å². The van der Waals surface area contributed by atoms with Crippen LogP contribution in [-0.2, 0) is 67.7 Å². The van der Waals surface area contributed by atoms with Gasteiger partial charge in [0.25, 0.3) is 23.6 Å². The second kappa shape index (κ2) is 34.5. The molecule has 2 N–H and O–H groups in total. The van der Waals surface area contributed by atoms with Gasteiger partial charge < -0.3 is 35.6 Å². The molecule has 2 aliphatic heterocycles. The molecular formula is C61H80Cl2F7N3NaO18S-. The Kier molecular flexibility index (Phi) is 33.1. The number of nitrogens with two attached hydrogens (primary N) is 1. The van der Waals surface area contributed by atoms with Gasteiger partial charge in [-0.1, -0.05) is 44.0 Å². The number of aryl methyl sites for hydroxylation is 2. The first-order chi connectivity index (χ1) is 41.0. The average Bonchev–Trinajstić information content (AvgIpc) is 1.26. The summed E-state index contributed by atoms with van der Waals surface area (Å²) >= 11 is 11.9. The van der Waals surface area contributed by atoms with Crippen molar-refractivity contribution in [2.75, 3.05) is 0 Å². The second-order valence-electron chi connectivity index (χ2n) is 26.8. The Hall–Kier alpha value is -6.08. The molecule has 2 unspecified atom stereocenters. The van der Waals surface area contributed by atoms with Crippen LogP contribution < -0.4 is 49.5 Å². The number of hydrogen-bond acceptors (Lipinski definition) is 19. The minimum Gasteiger partial charge on any atom is -1.00 e. The van der Waals surface area contributed by atoms with Gasteiger partial charge in [0.1, 0.15) is 21.2 Å². The van der Waals surface area contributed by atoms with Crippen molar-refractivity contribution in [2.24, 2.45) is 38.2 Å². The maximum Gasteiger partial charge on any atom is 1.00 e. The Labute approximate surface area is 569 Å². The summed E-state index contributed by atoms with van der Waals surface area (Å²) in [6.07, 6.45) is -0.561. The normalized spacial score (nSPS) is 14.5. The summed E-state index contributed by atoms with van der Waals surface area (Å²) in [5, 5.41) is -0.704. The number of ketones is 1. The van der Waals surface area contributed by atoms with Crippen molar-refractivity contribution >= 4 is 92.6 Å². The number of Topliss-reactive ketones (excluding diaryl/α,β-unsaturated/α-hetero) is 1. The number of rotatable bonds is 7. The number of imide groups is 2. The third kappa shape index (κ3) is 27.3. The fraction of sp³-hybridized carbons (Fsp3) is 0.541. The molecule has 4 amide bonds. The Morgan fingerprint density at radius 1 is 0.538 bits per heavy atom. The largest absolute Gasteiger partial charge is 1.00 e. The van der Waals surface area contributed by atoms with Crippen LogP contribution in [0.5, 0.6) is 17.2 Å². The fourth-order valence-electron chi connectivity index (χ4n) is 5.74. The molecule has 0 aromatic heterocycles. The van der Waals surface area contributed by atoms with Crippen LogP contribution in [0, 0.1) is 94.0 Å². The van der Waals surface area contributed by atoms with Gasteiger partial charge in [0.05, 0.1) is 49.6 Å². The van der Waals surface area contributed by atoms with Gasteiger partial charge in [0, 0.05) is 18.4 Å². The predicted octanol–water partition coefficient (Wildman–Crippen LogP) is 8.99. The van der Waals surface area contributed by atoms with Crippen LogP contribution in [0.15, 0.2) is 18.2 Å². The van der Waals surface area contributed by atoms with E-state index in [4.69, 9.17) is 38.5 Å². The summed E-state index contributed by atoms with van der Waals surface area (Å²) in [4.78, 5) is 122. The van der Waals surface area contributed by atoms with E-state index in [1.165, 1.54) is 76.2 Å². The van der Waals surface area contributed by atoms with Crippen LogP contribution in [0.2, 0.25) is 10.0 Å². The van der Waals surface area contributed by atoms with Crippen LogP contribution in [-0.4, -0.2) is 93.6 Å². The van der Waals surface area contributed by atoms with E-state index in [1.807, 2.05) is 27.7 Å². The van der Waals surface area contributed by atoms with Crippen LogP contribution >= 0.6 is 23.2 Å². The Morgan fingerprint density at radius 3 is 1.19 bits per heavy atom. The minimum atomic E-state index is -4.94. The summed E-state index contributed by atoms with van der Waals surface area (Å²) < 4.78 is 139. The minimum absolute atomic E-state index is 0. The van der Waals surface area contributed by atoms with Crippen LogP contribution in [0.3, 0.4) is 0 Å². The number of amides is 4. The van der Waals surface area contributed by atoms with Gasteiger partial charge in [-0.15, -0.1) is 10.1 Å². The van der Waals surface area contributed by atoms with Crippen molar-refractivity contribution in [1.29, 1.82) is 0 Å². The molecule has 5 rings (SSSR count). The molecule has 21 nitrogen and oxygen atoms in total. The Bertz CT molecular complexity index is 3350. The molecule has 2 atom stereocenters. The number of ether oxygens (including phenoxy) is 3. The second-order valence-corrected chi connectivity index (χ2v) is 29.2. The van der Waals surface area contributed by atoms with Crippen molar-refractivity contribution < 1.29 is 147 Å². The van der Waals surface area contributed by atoms with Crippen molar-refractivity contribution in [2.45, 2.75) is 183 Å². The van der Waals surface area contributed by atoms with E-state index in [1.54, 1.807) is 53.7 Å². The van der Waals surface area contributed by atoms with Crippen molar-refractivity contribution in [3.63, 3.8) is 0 Å². The number of carbonyl (C=O) groups is 10. The van der Waals surface area contributed by atoms with Crippen molar-refractivity contribution in [1.82, 2.24) is 10.1 Å². The van der Waals surface area contributed by atoms with E-state index in [0.29, 0.717) is 21.2 Å². The zero-order valence-corrected chi connectivity index (χ0v) is 60.5. The summed E-state index contributed by atoms with van der Waals surface area (Å²) in [6.45, 7) is 35.1. The summed E-state index contributed by atoms with van der Waals surface area (Å²) in [6, 6.07) is 3.80. The van der Waals surface area contributed by atoms with Gasteiger partial charge in [-0.05, 0) is 166 Å². The molecule has 2 aliphatic rings. The average molecular weight is 1400 g/mol. The number of halogens is 9. The van der Waals surface area contributed by atoms with E-state index < -0.39 is 154 Å². The molecule has 2 heterocycles. The van der Waals surface area contributed by atoms with Crippen molar-refractivity contribution in [3.8, 4) is 17.2 Å². The molecule has 0 spiro atoms. The molecule has 0 bridgehead atoms. The first kappa shape index (κ1) is 89.0. The number of esters is 3. The third-order valence-corrected chi connectivity index (χ3v) is 13.3. The Balaban J connectivity index is -0.00000106. The first-order valence-electron chi connectivity index (χ1n) is 27.5. The zero-order chi connectivity index (χ0) is 73.0. The molecule has 518 valence electrons. The monoisotopic (exact) mass is 1400 g/mol. The van der Waals surface area contributed by atoms with Gasteiger partial charge >= 0.3 is 59.4 Å². The van der Waals surface area contributed by atoms with E-state index in [0.717, 1.165) is 12.5 Å². The number of nitrogens with zero attached hydrogens (tertiary/aromatic N) is 2. The molecule has 3 aromatic carbocycles. The topological polar surface area (TPSA) is 307 Å². The molecule has 2 fully saturated rings. The summed E-state index contributed by atoms with van der Waals surface area (Å²) in [7, 11) is -4.94. The maximum atomic E-state index is 13.5. The zero-order valence-electron chi connectivity index (χ0n) is 57.1. The molecule has 0 saturated carbocycles. The van der Waals surface area contributed by atoms with Crippen LogP contribution in [0.25, 0.3) is 0 Å². The number of benzene rings is 3. The molecule has 3 aromatic rings. The predicted molar refractivity (Wildman–Crippen MR) is 320 cm³/mol. The molecular weight excluding hydrogens is 1320 g/mol. The van der Waals surface area contributed by atoms with Crippen molar-refractivity contribution in [3.05, 3.63) is 85.7 Å². The molecule has 93 heavy (non-hydrogen) atoms. The number of hydroxylamine groups is 4. The summed E-state index contributed by atoms with van der Waals surface area (Å²) in [5.74, 6) is -19.4. The van der Waals surface area contributed by atoms with E-state index in [9.17, 15) is 91.6 Å². The molecule has 2 saturated heterocycles. The molecule has 0 radical (unpaired) electrons. The number of hydrogen-bond donors (Lipinski definition) is 1. The van der Waals surface area contributed by atoms with Gasteiger partial charge in [-0.2, -0.15) is 8.78 Å². The van der Waals surface area contributed by atoms with Gasteiger partial charge in [0.15, 0.2) is 34.8 Å². The Morgan fingerprint density at radius 2 is 0.882 bits per heavy atom. The summed E-state index contributed by atoms with van der Waals surface area (Å²) in [5.41, 5.74) is 1.26. The SMILES string of the molecule is CC(=O)C(N)C(C)(C)C.CC(C)(C)C(=O)ON1C(=O)CC(S(=O)(=O)[O-])C1=O.CC(C)(C)C(=O)ON1C(=O)CCC1=O.Cc1c(F)c(F)c(F)c(OC(=O)C(C)(C)C)c1F.Cc1cc(Cl)c(OC(=O)C(C)(C)C)c(Cl)c1.Cc1cc(F)c(F)c(OC(=O)C(C)(C)C)c1F.[H-].[Na+]. The number of carbonyl (C=O) groups excluding carboxylic acids is 10. The van der Waals surface area contributed by atoms with Crippen LogP contribution in [0.4, 0.5) is 30.7 Å². The van der Waals surface area contributed by atoms with Crippen LogP contribution in [0.1, 0.15) is 169 Å². The smallest absolute Gasteiger partial charge is 1.00 e. The van der Waals surface area contributed by atoms with E-state index in [2.05, 4.69) is 14.3 Å². The quantitative estimate of drug-likeness (QED) is 0.0337. The standard InChI is InChI=1S/C12H14Cl2O2.C12H12F4O2.C12H13F3O2.C9H13NO7S.C9H13NO4.C7H15NO.Na.H/c1-7-5-8(13)10(9(14)6-7)16-11(15)12(2,3)4;1-5-6(13)8(15)9(16)10(7(5)14)18-11(17)12(2,3)4;1-6-5-7(13)9(15)10(8(6)14)17-11(16)12(2,3)4;1-9(2,3)8(13)17-10-6(11)4-5(7(10)12)18(14,15)16;1-9(2,3)8(13)14-10-6(11)4-5-7(10)12;1-5(9)6(8)7(2,3)4;;/h5-6H,1-4H3;1-4H3;5H,1-4H3;5H,4H2,1-3H3,(H,14,15,16);4-5H2,1-3H3;6H,8H2,1-4H3;;/q;;;;;;+1;-1/p-1. The van der Waals surface area contributed by atoms with E-state index in [-0.39, 0.29) is 83.4 Å². The molecule has 32 heteroatoms. The first-order valence-corrected chi connectivity index (χ1v) is 29.7. The fourth-order valence-corrected chi connectivity index (χ4v) is 7.10. The van der Waals surface area contributed by atoms with Gasteiger partial charge in [0.2, 0.25) is 23.1 Å². The maximum absolute atomic E-state index is 13.5.